The maximum absolute atomic E-state index is 12.3. The molecule has 148 valence electrons. The van der Waals surface area contributed by atoms with E-state index >= 15 is 0 Å². The van der Waals surface area contributed by atoms with Crippen LogP contribution >= 0.6 is 0 Å². The number of nitrogens with one attached hydrogen (secondary N) is 2. The molecule has 0 unspecified atom stereocenters. The lowest BCUT2D eigenvalue weighted by molar-refractivity contribution is -0.124. The summed E-state index contributed by atoms with van der Waals surface area (Å²) < 4.78 is 0. The van der Waals surface area contributed by atoms with Gasteiger partial charge in [-0.05, 0) is 32.4 Å². The zero-order valence-corrected chi connectivity index (χ0v) is 16.5. The molecule has 1 aromatic rings. The highest BCUT2D eigenvalue weighted by Crippen LogP contribution is 2.15. The number of carbonyl (C=O) groups is 3. The van der Waals surface area contributed by atoms with Crippen LogP contribution in [0.25, 0.3) is 0 Å². The van der Waals surface area contributed by atoms with E-state index in [1.54, 1.807) is 24.3 Å². The third-order valence-electron chi connectivity index (χ3n) is 4.80. The van der Waals surface area contributed by atoms with Gasteiger partial charge in [0.2, 0.25) is 11.8 Å². The summed E-state index contributed by atoms with van der Waals surface area (Å²) in [4.78, 5) is 40.1. The van der Waals surface area contributed by atoms with Crippen LogP contribution in [0.4, 0.5) is 5.69 Å². The topological polar surface area (TPSA) is 81.8 Å². The molecule has 2 rings (SSSR count). The second-order valence-corrected chi connectivity index (χ2v) is 7.08. The Morgan fingerprint density at radius 1 is 1.00 bits per heavy atom. The highest BCUT2D eigenvalue weighted by molar-refractivity contribution is 6.04. The Hall–Kier alpha value is -2.25. The molecular weight excluding hydrogens is 344 g/mol. The fraction of sp³-hybridized carbons (Fsp3) is 0.550. The Kier molecular flexibility index (Phi) is 7.94. The number of nitrogens with zero attached hydrogens (tertiary/aromatic N) is 2. The van der Waals surface area contributed by atoms with E-state index in [0.29, 0.717) is 17.8 Å². The van der Waals surface area contributed by atoms with Gasteiger partial charge in [0.25, 0.3) is 0 Å². The monoisotopic (exact) mass is 374 g/mol. The van der Waals surface area contributed by atoms with E-state index in [2.05, 4.69) is 20.4 Å². The SMILES string of the molecule is CC[C@H](C)NC(=O)CN1CCN(CC(=O)Nc2ccccc2C(C)=O)CC1. The summed E-state index contributed by atoms with van der Waals surface area (Å²) in [5.74, 6) is -0.154. The number of amides is 2. The molecule has 7 heteroatoms. The van der Waals surface area contributed by atoms with Gasteiger partial charge in [0.15, 0.2) is 5.78 Å². The molecule has 1 aliphatic heterocycles. The van der Waals surface area contributed by atoms with E-state index in [1.165, 1.54) is 6.92 Å². The zero-order chi connectivity index (χ0) is 19.8. The summed E-state index contributed by atoms with van der Waals surface area (Å²) in [6.07, 6.45) is 0.918. The molecule has 0 radical (unpaired) electrons. The molecule has 0 spiro atoms. The van der Waals surface area contributed by atoms with Gasteiger partial charge in [-0.1, -0.05) is 19.1 Å². The number of para-hydroxylation sites is 1. The standard InChI is InChI=1S/C20H30N4O3/c1-4-15(2)21-19(26)13-23-9-11-24(12-10-23)14-20(27)22-18-8-6-5-7-17(18)16(3)25/h5-8,15H,4,9-14H2,1-3H3,(H,21,26)(H,22,27)/t15-/m0/s1. The van der Waals surface area contributed by atoms with Crippen molar-refractivity contribution in [1.82, 2.24) is 15.1 Å². The molecule has 0 aliphatic carbocycles. The number of carbonyl (C=O) groups excluding carboxylic acids is 3. The second-order valence-electron chi connectivity index (χ2n) is 7.08. The van der Waals surface area contributed by atoms with Crippen LogP contribution in [0.15, 0.2) is 24.3 Å². The van der Waals surface area contributed by atoms with Crippen molar-refractivity contribution < 1.29 is 14.4 Å². The highest BCUT2D eigenvalue weighted by Gasteiger charge is 2.21. The van der Waals surface area contributed by atoms with E-state index in [-0.39, 0.29) is 30.2 Å². The van der Waals surface area contributed by atoms with E-state index in [1.807, 2.05) is 13.8 Å². The van der Waals surface area contributed by atoms with Crippen LogP contribution in [0.5, 0.6) is 0 Å². The average Bonchev–Trinajstić information content (AvgIpc) is 2.63. The summed E-state index contributed by atoms with van der Waals surface area (Å²) in [5, 5.41) is 5.81. The minimum absolute atomic E-state index is 0.0522. The first-order valence-corrected chi connectivity index (χ1v) is 9.53. The van der Waals surface area contributed by atoms with Gasteiger partial charge in [-0.3, -0.25) is 24.2 Å². The number of ketones is 1. The number of benzene rings is 1. The number of rotatable bonds is 8. The predicted octanol–water partition coefficient (Wildman–Crippen LogP) is 1.36. The number of hydrogen-bond acceptors (Lipinski definition) is 5. The fourth-order valence-corrected chi connectivity index (χ4v) is 3.02. The largest absolute Gasteiger partial charge is 0.353 e. The Morgan fingerprint density at radius 2 is 1.56 bits per heavy atom. The molecule has 1 aromatic carbocycles. The third kappa shape index (κ3) is 6.77. The summed E-state index contributed by atoms with van der Waals surface area (Å²) in [6.45, 7) is 9.19. The van der Waals surface area contributed by atoms with Gasteiger partial charge in [-0.15, -0.1) is 0 Å². The molecule has 7 nitrogen and oxygen atoms in total. The molecule has 1 aliphatic rings. The smallest absolute Gasteiger partial charge is 0.238 e. The van der Waals surface area contributed by atoms with Gasteiger partial charge >= 0.3 is 0 Å². The average molecular weight is 374 g/mol. The molecule has 0 bridgehead atoms. The zero-order valence-electron chi connectivity index (χ0n) is 16.5. The van der Waals surface area contributed by atoms with Crippen molar-refractivity contribution in [3.05, 3.63) is 29.8 Å². The van der Waals surface area contributed by atoms with Crippen molar-refractivity contribution in [2.24, 2.45) is 0 Å². The maximum atomic E-state index is 12.3. The summed E-state index contributed by atoms with van der Waals surface area (Å²) >= 11 is 0. The first kappa shape index (κ1) is 21.1. The van der Waals surface area contributed by atoms with Gasteiger partial charge in [-0.2, -0.15) is 0 Å². The van der Waals surface area contributed by atoms with Gasteiger partial charge in [-0.25, -0.2) is 0 Å². The number of anilines is 1. The number of Topliss-reactive ketones (excluding diaryl/α,β-unsaturated/α-hetero) is 1. The molecule has 27 heavy (non-hydrogen) atoms. The lowest BCUT2D eigenvalue weighted by atomic mass is 10.1. The van der Waals surface area contributed by atoms with E-state index in [4.69, 9.17) is 0 Å². The summed E-state index contributed by atoms with van der Waals surface area (Å²) in [5.41, 5.74) is 1.07. The first-order chi connectivity index (χ1) is 12.9. The van der Waals surface area contributed by atoms with Gasteiger partial charge in [0.05, 0.1) is 18.8 Å². The van der Waals surface area contributed by atoms with Crippen molar-refractivity contribution in [2.75, 3.05) is 44.6 Å². The van der Waals surface area contributed by atoms with Crippen molar-refractivity contribution >= 4 is 23.3 Å². The molecule has 1 atom stereocenters. The molecule has 1 heterocycles. The van der Waals surface area contributed by atoms with E-state index in [9.17, 15) is 14.4 Å². The highest BCUT2D eigenvalue weighted by atomic mass is 16.2. The molecule has 2 amide bonds. The van der Waals surface area contributed by atoms with Crippen molar-refractivity contribution in [2.45, 2.75) is 33.2 Å². The normalized spacial score (nSPS) is 16.6. The molecule has 0 saturated carbocycles. The fourth-order valence-electron chi connectivity index (χ4n) is 3.02. The Balaban J connectivity index is 1.76. The summed E-state index contributed by atoms with van der Waals surface area (Å²) in [6, 6.07) is 7.22. The van der Waals surface area contributed by atoms with Crippen LogP contribution < -0.4 is 10.6 Å². The first-order valence-electron chi connectivity index (χ1n) is 9.53. The van der Waals surface area contributed by atoms with Crippen molar-refractivity contribution in [3.8, 4) is 0 Å². The molecule has 2 N–H and O–H groups in total. The van der Waals surface area contributed by atoms with Crippen LogP contribution in [0.3, 0.4) is 0 Å². The Labute approximate surface area is 161 Å². The summed E-state index contributed by atoms with van der Waals surface area (Å²) in [7, 11) is 0. The van der Waals surface area contributed by atoms with Gasteiger partial charge in [0.1, 0.15) is 0 Å². The lowest BCUT2D eigenvalue weighted by Gasteiger charge is -2.34. The second kappa shape index (κ2) is 10.2. The van der Waals surface area contributed by atoms with Crippen molar-refractivity contribution in [1.29, 1.82) is 0 Å². The van der Waals surface area contributed by atoms with Crippen molar-refractivity contribution in [3.63, 3.8) is 0 Å². The van der Waals surface area contributed by atoms with Crippen LogP contribution in [0, 0.1) is 0 Å². The van der Waals surface area contributed by atoms with Crippen LogP contribution in [-0.4, -0.2) is 72.7 Å². The maximum Gasteiger partial charge on any atom is 0.238 e. The van der Waals surface area contributed by atoms with Crippen LogP contribution in [-0.2, 0) is 9.59 Å². The number of hydrogen-bond donors (Lipinski definition) is 2. The Morgan fingerprint density at radius 3 is 2.11 bits per heavy atom. The van der Waals surface area contributed by atoms with Gasteiger partial charge < -0.3 is 10.6 Å². The minimum atomic E-state index is -0.133. The molecule has 1 saturated heterocycles. The Bertz CT molecular complexity index is 669. The molecule has 0 aromatic heterocycles. The molecular formula is C20H30N4O3. The van der Waals surface area contributed by atoms with E-state index < -0.39 is 0 Å². The number of piperazine rings is 1. The predicted molar refractivity (Wildman–Crippen MR) is 106 cm³/mol. The quantitative estimate of drug-likeness (QED) is 0.672. The lowest BCUT2D eigenvalue weighted by Crippen LogP contribution is -2.51. The van der Waals surface area contributed by atoms with Crippen LogP contribution in [0.2, 0.25) is 0 Å². The third-order valence-corrected chi connectivity index (χ3v) is 4.80. The van der Waals surface area contributed by atoms with E-state index in [0.717, 1.165) is 32.6 Å². The van der Waals surface area contributed by atoms with Crippen LogP contribution in [0.1, 0.15) is 37.6 Å². The molecule has 1 fully saturated rings. The minimum Gasteiger partial charge on any atom is -0.353 e. The van der Waals surface area contributed by atoms with Gasteiger partial charge in [0, 0.05) is 37.8 Å².